The highest BCUT2D eigenvalue weighted by atomic mass is 16.5. The van der Waals surface area contributed by atoms with Gasteiger partial charge in [0.25, 0.3) is 5.91 Å². The molecule has 3 N–H and O–H groups in total. The molecule has 0 saturated carbocycles. The summed E-state index contributed by atoms with van der Waals surface area (Å²) in [7, 11) is 1.64. The zero-order valence-electron chi connectivity index (χ0n) is 17.1. The molecule has 3 rings (SSSR count). The van der Waals surface area contributed by atoms with E-state index in [2.05, 4.69) is 15.2 Å². The normalized spacial score (nSPS) is 16.7. The summed E-state index contributed by atoms with van der Waals surface area (Å²) in [5, 5.41) is 2.94. The SMILES string of the molecule is CCn1ccnc1CNC(=O)c1ccc(OC)c(CC2CCN(CC(N)=O)C2)c1. The number of nitrogens with zero attached hydrogens (tertiary/aromatic N) is 3. The third-order valence-electron chi connectivity index (χ3n) is 5.35. The van der Waals surface area contributed by atoms with E-state index in [9.17, 15) is 9.59 Å². The van der Waals surface area contributed by atoms with E-state index in [1.807, 2.05) is 29.8 Å². The van der Waals surface area contributed by atoms with E-state index in [4.69, 9.17) is 10.5 Å². The van der Waals surface area contributed by atoms with Crippen molar-refractivity contribution in [1.82, 2.24) is 19.8 Å². The van der Waals surface area contributed by atoms with Gasteiger partial charge >= 0.3 is 0 Å². The average Bonchev–Trinajstić information content (AvgIpc) is 3.34. The molecule has 1 aromatic heterocycles. The highest BCUT2D eigenvalue weighted by molar-refractivity contribution is 5.94. The summed E-state index contributed by atoms with van der Waals surface area (Å²) in [6.45, 7) is 5.21. The van der Waals surface area contributed by atoms with Gasteiger partial charge in [0.2, 0.25) is 5.91 Å². The molecule has 1 unspecified atom stereocenters. The fourth-order valence-corrected chi connectivity index (χ4v) is 3.89. The van der Waals surface area contributed by atoms with Gasteiger partial charge in [-0.1, -0.05) is 0 Å². The molecule has 8 heteroatoms. The van der Waals surface area contributed by atoms with Crippen LogP contribution in [0.1, 0.15) is 35.1 Å². The fourth-order valence-electron chi connectivity index (χ4n) is 3.89. The second kappa shape index (κ2) is 9.56. The molecule has 156 valence electrons. The Bertz CT molecular complexity index is 864. The molecule has 2 aromatic rings. The van der Waals surface area contributed by atoms with Crippen LogP contribution >= 0.6 is 0 Å². The lowest BCUT2D eigenvalue weighted by molar-refractivity contribution is -0.118. The number of nitrogens with two attached hydrogens (primary N) is 1. The number of methoxy groups -OCH3 is 1. The molecule has 1 fully saturated rings. The lowest BCUT2D eigenvalue weighted by Gasteiger charge is -2.16. The van der Waals surface area contributed by atoms with Gasteiger partial charge in [-0.05, 0) is 56.0 Å². The molecule has 1 aliphatic rings. The monoisotopic (exact) mass is 399 g/mol. The van der Waals surface area contributed by atoms with E-state index < -0.39 is 0 Å². The maximum absolute atomic E-state index is 12.7. The van der Waals surface area contributed by atoms with Crippen LogP contribution < -0.4 is 15.8 Å². The number of carbonyl (C=O) groups is 2. The zero-order chi connectivity index (χ0) is 20.8. The number of amides is 2. The van der Waals surface area contributed by atoms with Crippen molar-refractivity contribution in [2.45, 2.75) is 32.9 Å². The predicted molar refractivity (Wildman–Crippen MR) is 110 cm³/mol. The number of hydrogen-bond acceptors (Lipinski definition) is 5. The number of aryl methyl sites for hydroxylation is 1. The van der Waals surface area contributed by atoms with Crippen molar-refractivity contribution in [1.29, 1.82) is 0 Å². The largest absolute Gasteiger partial charge is 0.496 e. The number of benzene rings is 1. The topological polar surface area (TPSA) is 102 Å². The number of hydrogen-bond donors (Lipinski definition) is 2. The lowest BCUT2D eigenvalue weighted by Crippen LogP contribution is -2.32. The van der Waals surface area contributed by atoms with Crippen molar-refractivity contribution in [3.63, 3.8) is 0 Å². The molecule has 0 radical (unpaired) electrons. The highest BCUT2D eigenvalue weighted by Crippen LogP contribution is 2.27. The summed E-state index contributed by atoms with van der Waals surface area (Å²) in [6.07, 6.45) is 5.42. The van der Waals surface area contributed by atoms with E-state index in [1.54, 1.807) is 19.4 Å². The van der Waals surface area contributed by atoms with Crippen LogP contribution in [-0.4, -0.2) is 53.0 Å². The van der Waals surface area contributed by atoms with Crippen LogP contribution in [0.2, 0.25) is 0 Å². The molecule has 1 aromatic carbocycles. The molecule has 2 amide bonds. The number of carbonyl (C=O) groups excluding carboxylic acids is 2. The Hall–Kier alpha value is -2.87. The standard InChI is InChI=1S/C21H29N5O3/c1-3-26-9-7-23-20(26)12-24-21(28)16-4-5-18(29-2)17(11-16)10-15-6-8-25(13-15)14-19(22)27/h4-5,7,9,11,15H,3,6,8,10,12-14H2,1-2H3,(H2,22,27)(H,24,28). The van der Waals surface area contributed by atoms with Crippen LogP contribution in [-0.2, 0) is 24.3 Å². The number of nitrogens with one attached hydrogen (secondary N) is 1. The first-order valence-corrected chi connectivity index (χ1v) is 9.96. The van der Waals surface area contributed by atoms with Crippen LogP contribution in [0.5, 0.6) is 5.75 Å². The quantitative estimate of drug-likeness (QED) is 0.659. The fraction of sp³-hybridized carbons (Fsp3) is 0.476. The molecule has 1 saturated heterocycles. The number of rotatable bonds is 9. The van der Waals surface area contributed by atoms with Gasteiger partial charge in [0.1, 0.15) is 11.6 Å². The Morgan fingerprint density at radius 2 is 2.21 bits per heavy atom. The maximum Gasteiger partial charge on any atom is 0.251 e. The van der Waals surface area contributed by atoms with Gasteiger partial charge in [0.05, 0.1) is 20.2 Å². The molecule has 0 aliphatic carbocycles. The minimum atomic E-state index is -0.300. The number of ether oxygens (including phenoxy) is 1. The van der Waals surface area contributed by atoms with Gasteiger partial charge in [0, 0.05) is 31.0 Å². The number of aromatic nitrogens is 2. The van der Waals surface area contributed by atoms with Crippen molar-refractivity contribution >= 4 is 11.8 Å². The Morgan fingerprint density at radius 3 is 2.93 bits per heavy atom. The number of imidazole rings is 1. The van der Waals surface area contributed by atoms with E-state index in [1.165, 1.54) is 0 Å². The third kappa shape index (κ3) is 5.35. The summed E-state index contributed by atoms with van der Waals surface area (Å²) in [4.78, 5) is 30.2. The zero-order valence-corrected chi connectivity index (χ0v) is 17.1. The Kier molecular flexibility index (Phi) is 6.87. The lowest BCUT2D eigenvalue weighted by atomic mass is 9.96. The Balaban J connectivity index is 1.65. The van der Waals surface area contributed by atoms with Gasteiger partial charge in [-0.3, -0.25) is 14.5 Å². The summed E-state index contributed by atoms with van der Waals surface area (Å²) in [5.41, 5.74) is 6.90. The molecular weight excluding hydrogens is 370 g/mol. The van der Waals surface area contributed by atoms with Crippen molar-refractivity contribution in [3.8, 4) is 5.75 Å². The summed E-state index contributed by atoms with van der Waals surface area (Å²) in [5.74, 6) is 1.57. The van der Waals surface area contributed by atoms with E-state index in [0.29, 0.717) is 24.6 Å². The van der Waals surface area contributed by atoms with Crippen LogP contribution in [0.25, 0.3) is 0 Å². The van der Waals surface area contributed by atoms with Crippen molar-refractivity contribution in [2.75, 3.05) is 26.7 Å². The predicted octanol–water partition coefficient (Wildman–Crippen LogP) is 1.19. The minimum absolute atomic E-state index is 0.138. The van der Waals surface area contributed by atoms with Crippen LogP contribution in [0.3, 0.4) is 0 Å². The van der Waals surface area contributed by atoms with Crippen molar-refractivity contribution in [2.24, 2.45) is 11.7 Å². The first-order chi connectivity index (χ1) is 14.0. The number of primary amides is 1. The second-order valence-corrected chi connectivity index (χ2v) is 7.40. The highest BCUT2D eigenvalue weighted by Gasteiger charge is 2.25. The molecule has 8 nitrogen and oxygen atoms in total. The van der Waals surface area contributed by atoms with Gasteiger partial charge in [0.15, 0.2) is 0 Å². The minimum Gasteiger partial charge on any atom is -0.496 e. The second-order valence-electron chi connectivity index (χ2n) is 7.40. The Morgan fingerprint density at radius 1 is 1.38 bits per heavy atom. The molecular formula is C21H29N5O3. The summed E-state index contributed by atoms with van der Waals surface area (Å²) in [6, 6.07) is 5.52. The summed E-state index contributed by atoms with van der Waals surface area (Å²) >= 11 is 0. The molecule has 29 heavy (non-hydrogen) atoms. The van der Waals surface area contributed by atoms with Gasteiger partial charge in [-0.2, -0.15) is 0 Å². The summed E-state index contributed by atoms with van der Waals surface area (Å²) < 4.78 is 7.50. The molecule has 0 bridgehead atoms. The van der Waals surface area contributed by atoms with E-state index in [-0.39, 0.29) is 11.8 Å². The van der Waals surface area contributed by atoms with Gasteiger partial charge < -0.3 is 20.4 Å². The van der Waals surface area contributed by atoms with Crippen molar-refractivity contribution < 1.29 is 14.3 Å². The molecule has 1 aliphatic heterocycles. The number of likely N-dealkylation sites (tertiary alicyclic amines) is 1. The first kappa shape index (κ1) is 20.9. The third-order valence-corrected chi connectivity index (χ3v) is 5.35. The Labute approximate surface area is 171 Å². The smallest absolute Gasteiger partial charge is 0.251 e. The van der Waals surface area contributed by atoms with Gasteiger partial charge in [-0.15, -0.1) is 0 Å². The van der Waals surface area contributed by atoms with Crippen LogP contribution in [0, 0.1) is 5.92 Å². The molecule has 0 spiro atoms. The van der Waals surface area contributed by atoms with E-state index >= 15 is 0 Å². The van der Waals surface area contributed by atoms with Gasteiger partial charge in [-0.25, -0.2) is 4.98 Å². The average molecular weight is 399 g/mol. The first-order valence-electron chi connectivity index (χ1n) is 9.96. The maximum atomic E-state index is 12.7. The van der Waals surface area contributed by atoms with Crippen molar-refractivity contribution in [3.05, 3.63) is 47.5 Å². The van der Waals surface area contributed by atoms with Crippen LogP contribution in [0.15, 0.2) is 30.6 Å². The van der Waals surface area contributed by atoms with Crippen LogP contribution in [0.4, 0.5) is 0 Å². The van der Waals surface area contributed by atoms with E-state index in [0.717, 1.165) is 49.6 Å². The molecule has 2 heterocycles. The molecule has 1 atom stereocenters.